The smallest absolute Gasteiger partial charge is 0.354 e. The molecule has 0 radical (unpaired) electrons. The first-order valence-electron chi connectivity index (χ1n) is 4.19. The molecule has 6 heteroatoms. The first-order valence-corrected chi connectivity index (χ1v) is 4.19. The van der Waals surface area contributed by atoms with Crippen LogP contribution in [0.25, 0.3) is 0 Å². The van der Waals surface area contributed by atoms with Crippen LogP contribution in [0.1, 0.15) is 22.3 Å². The molecule has 1 atom stereocenters. The van der Waals surface area contributed by atoms with Crippen molar-refractivity contribution < 1.29 is 23.4 Å². The molecule has 1 heterocycles. The number of hydrogen-bond acceptors (Lipinski definition) is 3. The number of carbonyl (C=O) groups is 1. The van der Waals surface area contributed by atoms with E-state index >= 15 is 0 Å². The number of esters is 1. The fourth-order valence-corrected chi connectivity index (χ4v) is 1.26. The minimum Gasteiger partial charge on any atom is -0.464 e. The summed E-state index contributed by atoms with van der Waals surface area (Å²) in [5.41, 5.74) is 0.0950. The van der Waals surface area contributed by atoms with Crippen molar-refractivity contribution in [3.63, 3.8) is 0 Å². The standard InChI is InChI=1S/C9H11F2NO3/c1-12-5(7(13)8(10)11)3-4-6(12)9(14)15-2/h3-4,7-8,13H,1-2H3. The molecule has 1 rings (SSSR count). The lowest BCUT2D eigenvalue weighted by molar-refractivity contribution is -0.00988. The fourth-order valence-electron chi connectivity index (χ4n) is 1.26. The summed E-state index contributed by atoms with van der Waals surface area (Å²) in [7, 11) is 2.60. The highest BCUT2D eigenvalue weighted by molar-refractivity contribution is 5.87. The second kappa shape index (κ2) is 4.39. The van der Waals surface area contributed by atoms with Crippen LogP contribution >= 0.6 is 0 Å². The Hall–Kier alpha value is -1.43. The SMILES string of the molecule is COC(=O)c1ccc(C(O)C(F)F)n1C. The summed E-state index contributed by atoms with van der Waals surface area (Å²) >= 11 is 0. The Kier molecular flexibility index (Phi) is 3.41. The molecule has 0 aromatic carbocycles. The van der Waals surface area contributed by atoms with Gasteiger partial charge in [-0.25, -0.2) is 13.6 Å². The van der Waals surface area contributed by atoms with E-state index < -0.39 is 18.5 Å². The van der Waals surface area contributed by atoms with Gasteiger partial charge in [-0.3, -0.25) is 0 Å². The molecule has 4 nitrogen and oxygen atoms in total. The van der Waals surface area contributed by atoms with Crippen LogP contribution in [0.5, 0.6) is 0 Å². The largest absolute Gasteiger partial charge is 0.464 e. The number of ether oxygens (including phenoxy) is 1. The van der Waals surface area contributed by atoms with Crippen LogP contribution < -0.4 is 0 Å². The van der Waals surface area contributed by atoms with E-state index in [9.17, 15) is 13.6 Å². The topological polar surface area (TPSA) is 51.5 Å². The summed E-state index contributed by atoms with van der Waals surface area (Å²) in [5.74, 6) is -0.634. The molecule has 1 aromatic heterocycles. The molecule has 15 heavy (non-hydrogen) atoms. The number of carbonyl (C=O) groups excluding carboxylic acids is 1. The third-order valence-corrected chi connectivity index (χ3v) is 2.10. The molecule has 0 aliphatic heterocycles. The molecule has 0 saturated carbocycles. The van der Waals surface area contributed by atoms with Gasteiger partial charge in [-0.1, -0.05) is 0 Å². The zero-order valence-electron chi connectivity index (χ0n) is 8.28. The molecule has 0 fully saturated rings. The zero-order chi connectivity index (χ0) is 11.6. The van der Waals surface area contributed by atoms with Gasteiger partial charge >= 0.3 is 5.97 Å². The van der Waals surface area contributed by atoms with Crippen molar-refractivity contribution in [3.8, 4) is 0 Å². The first kappa shape index (κ1) is 11.6. The van der Waals surface area contributed by atoms with E-state index in [4.69, 9.17) is 5.11 Å². The van der Waals surface area contributed by atoms with Crippen molar-refractivity contribution in [3.05, 3.63) is 23.5 Å². The Morgan fingerprint density at radius 1 is 1.53 bits per heavy atom. The Morgan fingerprint density at radius 3 is 2.60 bits per heavy atom. The Morgan fingerprint density at radius 2 is 2.13 bits per heavy atom. The van der Waals surface area contributed by atoms with Crippen LogP contribution in [0.4, 0.5) is 8.78 Å². The van der Waals surface area contributed by atoms with Crippen LogP contribution in [-0.2, 0) is 11.8 Å². The van der Waals surface area contributed by atoms with Gasteiger partial charge < -0.3 is 14.4 Å². The maximum atomic E-state index is 12.2. The lowest BCUT2D eigenvalue weighted by Crippen LogP contribution is -2.15. The van der Waals surface area contributed by atoms with Gasteiger partial charge in [-0.05, 0) is 12.1 Å². The van der Waals surface area contributed by atoms with Crippen LogP contribution in [0.3, 0.4) is 0 Å². The number of alkyl halides is 2. The molecule has 0 amide bonds. The number of aliphatic hydroxyl groups is 1. The summed E-state index contributed by atoms with van der Waals surface area (Å²) in [5, 5.41) is 9.12. The number of aliphatic hydroxyl groups excluding tert-OH is 1. The van der Waals surface area contributed by atoms with E-state index in [2.05, 4.69) is 4.74 Å². The number of rotatable bonds is 3. The second-order valence-corrected chi connectivity index (χ2v) is 2.97. The third-order valence-electron chi connectivity index (χ3n) is 2.10. The molecule has 1 unspecified atom stereocenters. The molecule has 0 saturated heterocycles. The number of nitrogens with zero attached hydrogens (tertiary/aromatic N) is 1. The lowest BCUT2D eigenvalue weighted by atomic mass is 10.3. The minimum absolute atomic E-state index is 0.0228. The van der Waals surface area contributed by atoms with Gasteiger partial charge in [0.2, 0.25) is 0 Å². The summed E-state index contributed by atoms with van der Waals surface area (Å²) in [6.07, 6.45) is -4.78. The first-order chi connectivity index (χ1) is 6.99. The van der Waals surface area contributed by atoms with Crippen LogP contribution in [0, 0.1) is 0 Å². The molecule has 1 aromatic rings. The van der Waals surface area contributed by atoms with E-state index in [1.165, 1.54) is 30.9 Å². The summed E-state index contributed by atoms with van der Waals surface area (Å²) in [6.45, 7) is 0. The lowest BCUT2D eigenvalue weighted by Gasteiger charge is -2.11. The fraction of sp³-hybridized carbons (Fsp3) is 0.444. The minimum atomic E-state index is -2.89. The van der Waals surface area contributed by atoms with Gasteiger partial charge in [0, 0.05) is 7.05 Å². The maximum absolute atomic E-state index is 12.2. The van der Waals surface area contributed by atoms with Gasteiger partial charge in [0.1, 0.15) is 5.69 Å². The number of aromatic nitrogens is 1. The number of methoxy groups -OCH3 is 1. The van der Waals surface area contributed by atoms with Gasteiger partial charge in [-0.15, -0.1) is 0 Å². The van der Waals surface area contributed by atoms with Crippen molar-refractivity contribution in [1.82, 2.24) is 4.57 Å². The summed E-state index contributed by atoms with van der Waals surface area (Å²) in [4.78, 5) is 11.1. The van der Waals surface area contributed by atoms with Crippen molar-refractivity contribution in [1.29, 1.82) is 0 Å². The Labute approximate surface area is 85.1 Å². The summed E-state index contributed by atoms with van der Waals surface area (Å²) in [6, 6.07) is 2.59. The van der Waals surface area contributed by atoms with Crippen LogP contribution in [-0.4, -0.2) is 29.2 Å². The van der Waals surface area contributed by atoms with E-state index in [1.54, 1.807) is 0 Å². The number of halogens is 2. The Balaban J connectivity index is 3.04. The normalized spacial score (nSPS) is 12.9. The predicted octanol–water partition coefficient (Wildman–Crippen LogP) is 1.11. The van der Waals surface area contributed by atoms with Gasteiger partial charge in [0.05, 0.1) is 12.8 Å². The molecule has 0 aliphatic carbocycles. The second-order valence-electron chi connectivity index (χ2n) is 2.97. The highest BCUT2D eigenvalue weighted by atomic mass is 19.3. The van der Waals surface area contributed by atoms with Gasteiger partial charge in [0.25, 0.3) is 6.43 Å². The highest BCUT2D eigenvalue weighted by Crippen LogP contribution is 2.22. The molecular formula is C9H11F2NO3. The van der Waals surface area contributed by atoms with Crippen molar-refractivity contribution in [2.24, 2.45) is 7.05 Å². The zero-order valence-corrected chi connectivity index (χ0v) is 8.28. The third kappa shape index (κ3) is 2.15. The molecule has 0 aliphatic rings. The van der Waals surface area contributed by atoms with Crippen molar-refractivity contribution in [2.45, 2.75) is 12.5 Å². The molecule has 84 valence electrons. The number of hydrogen-bond donors (Lipinski definition) is 1. The average Bonchev–Trinajstić information content (AvgIpc) is 2.57. The van der Waals surface area contributed by atoms with Gasteiger partial charge in [-0.2, -0.15) is 0 Å². The van der Waals surface area contributed by atoms with Crippen LogP contribution in [0.2, 0.25) is 0 Å². The Bertz CT molecular complexity index is 362. The maximum Gasteiger partial charge on any atom is 0.354 e. The highest BCUT2D eigenvalue weighted by Gasteiger charge is 2.24. The molecular weight excluding hydrogens is 208 g/mol. The van der Waals surface area contributed by atoms with Crippen molar-refractivity contribution in [2.75, 3.05) is 7.11 Å². The summed E-state index contributed by atoms with van der Waals surface area (Å²) < 4.78 is 30.0. The molecule has 0 bridgehead atoms. The van der Waals surface area contributed by atoms with E-state index in [0.717, 1.165) is 0 Å². The average molecular weight is 219 g/mol. The molecule has 1 N–H and O–H groups in total. The van der Waals surface area contributed by atoms with E-state index in [1.807, 2.05) is 0 Å². The quantitative estimate of drug-likeness (QED) is 0.775. The monoisotopic (exact) mass is 219 g/mol. The van der Waals surface area contributed by atoms with Gasteiger partial charge in [0.15, 0.2) is 6.10 Å². The van der Waals surface area contributed by atoms with E-state index in [0.29, 0.717) is 0 Å². The molecule has 0 spiro atoms. The van der Waals surface area contributed by atoms with Crippen molar-refractivity contribution >= 4 is 5.97 Å². The predicted molar refractivity (Wildman–Crippen MR) is 47.7 cm³/mol. The van der Waals surface area contributed by atoms with E-state index in [-0.39, 0.29) is 11.4 Å². The van der Waals surface area contributed by atoms with Crippen LogP contribution in [0.15, 0.2) is 12.1 Å².